The fourth-order valence-corrected chi connectivity index (χ4v) is 3.34. The zero-order valence-electron chi connectivity index (χ0n) is 12.5. The third kappa shape index (κ3) is 4.22. The zero-order chi connectivity index (χ0) is 13.4. The Bertz CT molecular complexity index is 217. The van der Waals surface area contributed by atoms with Gasteiger partial charge in [-0.25, -0.2) is 0 Å². The van der Waals surface area contributed by atoms with E-state index in [0.29, 0.717) is 18.1 Å². The second kappa shape index (κ2) is 8.13. The van der Waals surface area contributed by atoms with E-state index in [-0.39, 0.29) is 0 Å². The standard InChI is InChI=1S/C15H32N2O/c1-4-15(5-2,12-16-3)13-17-10-6-8-14(17)9-7-11-18/h14,16,18H,4-13H2,1-3H3. The number of hydrogen-bond donors (Lipinski definition) is 2. The Hall–Kier alpha value is -0.120. The molecule has 1 saturated heterocycles. The Morgan fingerprint density at radius 2 is 2.06 bits per heavy atom. The number of nitrogens with zero attached hydrogens (tertiary/aromatic N) is 1. The van der Waals surface area contributed by atoms with Crippen LogP contribution in [0, 0.1) is 5.41 Å². The fraction of sp³-hybridized carbons (Fsp3) is 1.00. The zero-order valence-corrected chi connectivity index (χ0v) is 12.5. The first kappa shape index (κ1) is 15.9. The molecule has 1 heterocycles. The van der Waals surface area contributed by atoms with Crippen LogP contribution in [-0.4, -0.2) is 49.3 Å². The van der Waals surface area contributed by atoms with E-state index in [0.717, 1.165) is 13.0 Å². The second-order valence-corrected chi connectivity index (χ2v) is 5.87. The van der Waals surface area contributed by atoms with Crippen LogP contribution in [0.5, 0.6) is 0 Å². The molecule has 0 spiro atoms. The predicted octanol–water partition coefficient (Wildman–Crippen LogP) is 2.25. The molecule has 2 N–H and O–H groups in total. The Labute approximate surface area is 113 Å². The van der Waals surface area contributed by atoms with E-state index in [1.165, 1.54) is 45.2 Å². The van der Waals surface area contributed by atoms with Crippen LogP contribution in [-0.2, 0) is 0 Å². The minimum atomic E-state index is 0.341. The molecule has 1 unspecified atom stereocenters. The van der Waals surface area contributed by atoms with Crippen LogP contribution in [0.1, 0.15) is 52.4 Å². The second-order valence-electron chi connectivity index (χ2n) is 5.87. The van der Waals surface area contributed by atoms with Gasteiger partial charge in [-0.1, -0.05) is 13.8 Å². The molecule has 0 bridgehead atoms. The lowest BCUT2D eigenvalue weighted by molar-refractivity contribution is 0.119. The van der Waals surface area contributed by atoms with Crippen LogP contribution in [0.2, 0.25) is 0 Å². The van der Waals surface area contributed by atoms with E-state index >= 15 is 0 Å². The van der Waals surface area contributed by atoms with Gasteiger partial charge in [0.2, 0.25) is 0 Å². The summed E-state index contributed by atoms with van der Waals surface area (Å²) in [5.41, 5.74) is 0.427. The van der Waals surface area contributed by atoms with Gasteiger partial charge in [0.1, 0.15) is 0 Å². The molecule has 108 valence electrons. The van der Waals surface area contributed by atoms with Gasteiger partial charge >= 0.3 is 0 Å². The molecule has 1 aliphatic heterocycles. The highest BCUT2D eigenvalue weighted by molar-refractivity contribution is 4.88. The Morgan fingerprint density at radius 3 is 2.61 bits per heavy atom. The summed E-state index contributed by atoms with van der Waals surface area (Å²) in [7, 11) is 2.06. The highest BCUT2D eigenvalue weighted by Gasteiger charge is 2.33. The maximum atomic E-state index is 8.99. The quantitative estimate of drug-likeness (QED) is 0.664. The molecule has 1 aliphatic rings. The molecule has 0 radical (unpaired) electrons. The SMILES string of the molecule is CCC(CC)(CNC)CN1CCCC1CCCO. The number of nitrogens with one attached hydrogen (secondary N) is 1. The lowest BCUT2D eigenvalue weighted by atomic mass is 9.81. The molecule has 0 aliphatic carbocycles. The van der Waals surface area contributed by atoms with Gasteiger partial charge in [-0.15, -0.1) is 0 Å². The molecule has 0 amide bonds. The minimum Gasteiger partial charge on any atom is -0.396 e. The van der Waals surface area contributed by atoms with Crippen molar-refractivity contribution in [3.05, 3.63) is 0 Å². The third-order valence-electron chi connectivity index (χ3n) is 4.78. The first-order valence-electron chi connectivity index (χ1n) is 7.71. The van der Waals surface area contributed by atoms with E-state index in [9.17, 15) is 0 Å². The largest absolute Gasteiger partial charge is 0.396 e. The van der Waals surface area contributed by atoms with Crippen molar-refractivity contribution >= 4 is 0 Å². The third-order valence-corrected chi connectivity index (χ3v) is 4.78. The summed E-state index contributed by atoms with van der Waals surface area (Å²) >= 11 is 0. The van der Waals surface area contributed by atoms with Gasteiger partial charge in [0.05, 0.1) is 0 Å². The Balaban J connectivity index is 2.56. The molecular formula is C15H32N2O. The van der Waals surface area contributed by atoms with Gasteiger partial charge in [-0.2, -0.15) is 0 Å². The topological polar surface area (TPSA) is 35.5 Å². The van der Waals surface area contributed by atoms with Crippen molar-refractivity contribution in [2.24, 2.45) is 5.41 Å². The summed E-state index contributed by atoms with van der Waals surface area (Å²) in [4.78, 5) is 2.68. The first-order chi connectivity index (χ1) is 8.71. The van der Waals surface area contributed by atoms with Gasteiger partial charge in [0, 0.05) is 25.7 Å². The molecule has 3 heteroatoms. The maximum absolute atomic E-state index is 8.99. The van der Waals surface area contributed by atoms with Crippen molar-refractivity contribution in [3.8, 4) is 0 Å². The average molecular weight is 256 g/mol. The minimum absolute atomic E-state index is 0.341. The van der Waals surface area contributed by atoms with Crippen molar-refractivity contribution in [1.29, 1.82) is 0 Å². The Kier molecular flexibility index (Phi) is 7.20. The van der Waals surface area contributed by atoms with Crippen molar-refractivity contribution in [1.82, 2.24) is 10.2 Å². The summed E-state index contributed by atoms with van der Waals surface area (Å²) in [5.74, 6) is 0. The lowest BCUT2D eigenvalue weighted by Gasteiger charge is -2.38. The summed E-state index contributed by atoms with van der Waals surface area (Å²) in [5, 5.41) is 12.4. The first-order valence-corrected chi connectivity index (χ1v) is 7.71. The van der Waals surface area contributed by atoms with Crippen LogP contribution in [0.4, 0.5) is 0 Å². The van der Waals surface area contributed by atoms with E-state index < -0.39 is 0 Å². The van der Waals surface area contributed by atoms with Crippen LogP contribution in [0.3, 0.4) is 0 Å². The van der Waals surface area contributed by atoms with Crippen molar-refractivity contribution < 1.29 is 5.11 Å². The van der Waals surface area contributed by atoms with Crippen LogP contribution >= 0.6 is 0 Å². The number of aliphatic hydroxyl groups excluding tert-OH is 1. The van der Waals surface area contributed by atoms with E-state index in [2.05, 4.69) is 31.1 Å². The molecule has 1 atom stereocenters. The number of likely N-dealkylation sites (tertiary alicyclic amines) is 1. The number of hydrogen-bond acceptors (Lipinski definition) is 3. The predicted molar refractivity (Wildman–Crippen MR) is 77.9 cm³/mol. The summed E-state index contributed by atoms with van der Waals surface area (Å²) in [6.45, 7) is 8.56. The highest BCUT2D eigenvalue weighted by Crippen LogP contribution is 2.31. The van der Waals surface area contributed by atoms with Gasteiger partial charge < -0.3 is 10.4 Å². The molecule has 18 heavy (non-hydrogen) atoms. The van der Waals surface area contributed by atoms with Gasteiger partial charge in [-0.05, 0) is 57.5 Å². The summed E-state index contributed by atoms with van der Waals surface area (Å²) in [6, 6.07) is 0.714. The van der Waals surface area contributed by atoms with Crippen LogP contribution in [0.25, 0.3) is 0 Å². The highest BCUT2D eigenvalue weighted by atomic mass is 16.2. The Morgan fingerprint density at radius 1 is 1.33 bits per heavy atom. The average Bonchev–Trinajstić information content (AvgIpc) is 2.82. The number of aliphatic hydroxyl groups is 1. The molecule has 0 aromatic rings. The molecule has 1 rings (SSSR count). The van der Waals surface area contributed by atoms with Gasteiger partial charge in [-0.3, -0.25) is 4.90 Å². The fourth-order valence-electron chi connectivity index (χ4n) is 3.34. The molecule has 1 fully saturated rings. The number of rotatable bonds is 9. The van der Waals surface area contributed by atoms with Crippen molar-refractivity contribution in [2.75, 3.05) is 33.3 Å². The smallest absolute Gasteiger partial charge is 0.0431 e. The van der Waals surface area contributed by atoms with E-state index in [1.54, 1.807) is 0 Å². The van der Waals surface area contributed by atoms with Gasteiger partial charge in [0.15, 0.2) is 0 Å². The van der Waals surface area contributed by atoms with E-state index in [4.69, 9.17) is 5.11 Å². The van der Waals surface area contributed by atoms with Crippen molar-refractivity contribution in [3.63, 3.8) is 0 Å². The molecule has 0 aromatic carbocycles. The lowest BCUT2D eigenvalue weighted by Crippen LogP contribution is -2.44. The molecule has 3 nitrogen and oxygen atoms in total. The monoisotopic (exact) mass is 256 g/mol. The van der Waals surface area contributed by atoms with Crippen molar-refractivity contribution in [2.45, 2.75) is 58.4 Å². The van der Waals surface area contributed by atoms with Crippen LogP contribution < -0.4 is 5.32 Å². The summed E-state index contributed by atoms with van der Waals surface area (Å²) < 4.78 is 0. The maximum Gasteiger partial charge on any atom is 0.0431 e. The molecule has 0 saturated carbocycles. The van der Waals surface area contributed by atoms with Crippen LogP contribution in [0.15, 0.2) is 0 Å². The summed E-state index contributed by atoms with van der Waals surface area (Å²) in [6.07, 6.45) is 7.27. The molecular weight excluding hydrogens is 224 g/mol. The normalized spacial score (nSPS) is 21.7. The molecule has 0 aromatic heterocycles. The van der Waals surface area contributed by atoms with Gasteiger partial charge in [0.25, 0.3) is 0 Å². The van der Waals surface area contributed by atoms with E-state index in [1.807, 2.05) is 0 Å².